The molecule has 1 aliphatic heterocycles. The summed E-state index contributed by atoms with van der Waals surface area (Å²) < 4.78 is 0. The average Bonchev–Trinajstić information content (AvgIpc) is 2.75. The highest BCUT2D eigenvalue weighted by molar-refractivity contribution is 6.69. The van der Waals surface area contributed by atoms with Crippen LogP contribution in [0.3, 0.4) is 0 Å². The Morgan fingerprint density at radius 2 is 1.31 bits per heavy atom. The molecule has 162 valence electrons. The quantitative estimate of drug-likeness (QED) is 0.380. The molecule has 0 saturated heterocycles. The highest BCUT2D eigenvalue weighted by Gasteiger charge is 2.31. The Morgan fingerprint density at radius 1 is 0.781 bits per heavy atom. The first-order valence-corrected chi connectivity index (χ1v) is 11.4. The maximum absolute atomic E-state index is 12.2. The van der Waals surface area contributed by atoms with E-state index < -0.39 is 5.97 Å². The van der Waals surface area contributed by atoms with Crippen LogP contribution in [0.5, 0.6) is 0 Å². The molecule has 1 heterocycles. The van der Waals surface area contributed by atoms with Gasteiger partial charge in [-0.1, -0.05) is 28.6 Å². The summed E-state index contributed by atoms with van der Waals surface area (Å²) in [6.07, 6.45) is 0. The number of Topliss-reactive ketones (excluding diaryl/α,β-unsaturated/α-hetero) is 1. The van der Waals surface area contributed by atoms with E-state index in [1.165, 1.54) is 17.3 Å². The fourth-order valence-corrected chi connectivity index (χ4v) is 5.70. The first-order chi connectivity index (χ1) is 15.2. The highest BCUT2D eigenvalue weighted by Crippen LogP contribution is 2.36. The van der Waals surface area contributed by atoms with Gasteiger partial charge in [0.2, 0.25) is 0 Å². The van der Waals surface area contributed by atoms with E-state index in [1.54, 1.807) is 18.2 Å². The molecule has 5 nitrogen and oxygen atoms in total. The lowest BCUT2D eigenvalue weighted by atomic mass is 9.81. The molecule has 4 rings (SSSR count). The minimum Gasteiger partial charge on any atom is -0.478 e. The average molecular weight is 443 g/mol. The molecule has 0 fully saturated rings. The van der Waals surface area contributed by atoms with Crippen LogP contribution >= 0.6 is 0 Å². The molecule has 2 radical (unpaired) electrons. The lowest BCUT2D eigenvalue weighted by Gasteiger charge is -2.31. The number of aromatic carboxylic acids is 1. The van der Waals surface area contributed by atoms with Gasteiger partial charge < -0.3 is 14.9 Å². The van der Waals surface area contributed by atoms with Crippen molar-refractivity contribution >= 4 is 43.0 Å². The van der Waals surface area contributed by atoms with Gasteiger partial charge in [0.1, 0.15) is 9.52 Å². The molecule has 1 N–H and O–H groups in total. The first kappa shape index (κ1) is 21.8. The van der Waals surface area contributed by atoms with Crippen molar-refractivity contribution in [2.45, 2.75) is 12.8 Å². The lowest BCUT2D eigenvalue weighted by Crippen LogP contribution is -2.41. The smallest absolute Gasteiger partial charge is 0.335 e. The van der Waals surface area contributed by atoms with Crippen LogP contribution in [0, 0.1) is 0 Å². The summed E-state index contributed by atoms with van der Waals surface area (Å²) in [6.45, 7) is 1.51. The normalized spacial score (nSPS) is 12.7. The third kappa shape index (κ3) is 3.82. The monoisotopic (exact) mass is 442 g/mol. The second kappa shape index (κ2) is 8.28. The van der Waals surface area contributed by atoms with Crippen molar-refractivity contribution in [2.75, 3.05) is 38.0 Å². The summed E-state index contributed by atoms with van der Waals surface area (Å²) >= 11 is 0. The van der Waals surface area contributed by atoms with Crippen LogP contribution in [-0.4, -0.2) is 54.6 Å². The van der Waals surface area contributed by atoms with Crippen LogP contribution in [0.4, 0.5) is 11.4 Å². The number of carbonyl (C=O) groups is 2. The minimum absolute atomic E-state index is 0.0766. The van der Waals surface area contributed by atoms with Gasteiger partial charge in [0.25, 0.3) is 0 Å². The highest BCUT2D eigenvalue weighted by atomic mass is 28.2. The number of nitrogens with zero attached hydrogens (tertiary/aromatic N) is 2. The SMILES string of the molecule is CC(=O)c1ccc(C(=O)O)c(C2c3ccc(N(C)C)cc3[Si]c3cc(N(C)C)ccc32)c1. The molecule has 6 heteroatoms. The molecule has 0 aliphatic carbocycles. The van der Waals surface area contributed by atoms with Crippen molar-refractivity contribution in [2.24, 2.45) is 0 Å². The summed E-state index contributed by atoms with van der Waals surface area (Å²) in [5.74, 6) is -1.31. The van der Waals surface area contributed by atoms with Crippen LogP contribution < -0.4 is 20.2 Å². The Bertz CT molecular complexity index is 1180. The van der Waals surface area contributed by atoms with Gasteiger partial charge in [0, 0.05) is 51.0 Å². The number of benzene rings is 3. The molecule has 32 heavy (non-hydrogen) atoms. The maximum Gasteiger partial charge on any atom is 0.335 e. The number of hydrogen-bond donors (Lipinski definition) is 1. The van der Waals surface area contributed by atoms with E-state index in [1.807, 2.05) is 28.2 Å². The molecule has 0 unspecified atom stereocenters. The topological polar surface area (TPSA) is 60.9 Å². The largest absolute Gasteiger partial charge is 0.478 e. The van der Waals surface area contributed by atoms with Crippen LogP contribution in [-0.2, 0) is 0 Å². The van der Waals surface area contributed by atoms with Gasteiger partial charge >= 0.3 is 5.97 Å². The Hall–Kier alpha value is -3.38. The molecule has 0 saturated carbocycles. The minimum atomic E-state index is -0.985. The Balaban J connectivity index is 2.01. The van der Waals surface area contributed by atoms with E-state index in [2.05, 4.69) is 46.2 Å². The number of carbonyl (C=O) groups excluding carboxylic acids is 1. The summed E-state index contributed by atoms with van der Waals surface area (Å²) in [5, 5.41) is 12.4. The number of ketones is 1. The fraction of sp³-hybridized carbons (Fsp3) is 0.231. The summed E-state index contributed by atoms with van der Waals surface area (Å²) in [6, 6.07) is 17.7. The molecule has 0 spiro atoms. The van der Waals surface area contributed by atoms with Crippen molar-refractivity contribution in [3.05, 3.63) is 82.4 Å². The van der Waals surface area contributed by atoms with Gasteiger partial charge in [-0.25, -0.2) is 4.79 Å². The lowest BCUT2D eigenvalue weighted by molar-refractivity contribution is 0.0695. The van der Waals surface area contributed by atoms with Gasteiger partial charge in [0.15, 0.2) is 5.78 Å². The van der Waals surface area contributed by atoms with E-state index in [0.29, 0.717) is 20.6 Å². The van der Waals surface area contributed by atoms with Gasteiger partial charge in [-0.2, -0.15) is 0 Å². The van der Waals surface area contributed by atoms with Crippen LogP contribution in [0.25, 0.3) is 0 Å². The molecular formula is C26H26N2O3Si. The van der Waals surface area contributed by atoms with Crippen molar-refractivity contribution in [1.29, 1.82) is 0 Å². The predicted molar refractivity (Wildman–Crippen MR) is 131 cm³/mol. The van der Waals surface area contributed by atoms with E-state index in [9.17, 15) is 14.7 Å². The maximum atomic E-state index is 12.2. The van der Waals surface area contributed by atoms with Crippen LogP contribution in [0.15, 0.2) is 54.6 Å². The molecule has 0 atom stereocenters. The van der Waals surface area contributed by atoms with E-state index in [0.717, 1.165) is 22.5 Å². The second-order valence-electron chi connectivity index (χ2n) is 8.55. The summed E-state index contributed by atoms with van der Waals surface area (Å²) in [5.41, 5.74) is 5.83. The Morgan fingerprint density at radius 3 is 1.75 bits per heavy atom. The molecular weight excluding hydrogens is 416 g/mol. The van der Waals surface area contributed by atoms with Crippen molar-refractivity contribution in [3.63, 3.8) is 0 Å². The molecule has 0 bridgehead atoms. The standard InChI is InChI=1S/C26H26N2O3Si/c1-15(29)16-6-9-19(26(30)31)22(12-16)25-20-10-7-17(27(2)3)13-23(20)32-24-14-18(28(4)5)8-11-21(24)25/h6-14,25H,1-5H3,(H,30,31). The molecule has 3 aromatic rings. The number of carboxylic acid groups (broad SMARTS) is 1. The molecule has 0 aromatic heterocycles. The number of rotatable bonds is 5. The van der Waals surface area contributed by atoms with Gasteiger partial charge in [-0.15, -0.1) is 0 Å². The van der Waals surface area contributed by atoms with E-state index in [-0.39, 0.29) is 17.3 Å². The number of anilines is 2. The number of fused-ring (bicyclic) bond motifs is 2. The van der Waals surface area contributed by atoms with Crippen molar-refractivity contribution < 1.29 is 14.7 Å². The van der Waals surface area contributed by atoms with Gasteiger partial charge in [-0.05, 0) is 60.0 Å². The second-order valence-corrected chi connectivity index (χ2v) is 9.88. The zero-order valence-electron chi connectivity index (χ0n) is 18.9. The zero-order valence-corrected chi connectivity index (χ0v) is 19.9. The molecule has 3 aromatic carbocycles. The molecule has 1 aliphatic rings. The predicted octanol–water partition coefficient (Wildman–Crippen LogP) is 2.87. The summed E-state index contributed by atoms with van der Waals surface area (Å²) in [4.78, 5) is 28.4. The van der Waals surface area contributed by atoms with Crippen LogP contribution in [0.2, 0.25) is 0 Å². The van der Waals surface area contributed by atoms with Crippen LogP contribution in [0.1, 0.15) is 50.2 Å². The van der Waals surface area contributed by atoms with E-state index >= 15 is 0 Å². The Kier molecular flexibility index (Phi) is 5.65. The zero-order chi connectivity index (χ0) is 23.2. The number of hydrogen-bond acceptors (Lipinski definition) is 4. The fourth-order valence-electron chi connectivity index (χ4n) is 4.23. The third-order valence-electron chi connectivity index (χ3n) is 6.00. The summed E-state index contributed by atoms with van der Waals surface area (Å²) in [7, 11) is 8.53. The number of carboxylic acids is 1. The Labute approximate surface area is 191 Å². The van der Waals surface area contributed by atoms with Gasteiger partial charge in [-0.3, -0.25) is 4.79 Å². The van der Waals surface area contributed by atoms with E-state index in [4.69, 9.17) is 0 Å². The first-order valence-electron chi connectivity index (χ1n) is 10.4. The van der Waals surface area contributed by atoms with Gasteiger partial charge in [0.05, 0.1) is 5.56 Å². The third-order valence-corrected chi connectivity index (χ3v) is 7.40. The molecule has 0 amide bonds. The van der Waals surface area contributed by atoms with Crippen molar-refractivity contribution in [1.82, 2.24) is 0 Å². The van der Waals surface area contributed by atoms with Crippen molar-refractivity contribution in [3.8, 4) is 0 Å².